The average molecular weight is 583 g/mol. The second kappa shape index (κ2) is 14.2. The molecule has 0 bridgehead atoms. The summed E-state index contributed by atoms with van der Waals surface area (Å²) in [4.78, 5) is 25.5. The maximum atomic E-state index is 12.7. The van der Waals surface area contributed by atoms with Crippen molar-refractivity contribution in [2.75, 3.05) is 0 Å². The van der Waals surface area contributed by atoms with Crippen LogP contribution in [0.1, 0.15) is 64.2 Å². The van der Waals surface area contributed by atoms with Crippen LogP contribution in [0.4, 0.5) is 0 Å². The van der Waals surface area contributed by atoms with E-state index in [0.717, 1.165) is 94.5 Å². The molecule has 0 aromatic heterocycles. The lowest BCUT2D eigenvalue weighted by molar-refractivity contribution is -0.135. The first-order valence-corrected chi connectivity index (χ1v) is 15.9. The topological polar surface area (TPSA) is 52.6 Å². The van der Waals surface area contributed by atoms with E-state index in [1.165, 1.54) is 0 Å². The number of hydrogen-bond acceptors (Lipinski definition) is 4. The molecule has 0 spiro atoms. The molecule has 222 valence electrons. The van der Waals surface area contributed by atoms with Crippen LogP contribution in [-0.2, 0) is 9.59 Å². The molecule has 4 heteroatoms. The van der Waals surface area contributed by atoms with Crippen LogP contribution >= 0.6 is 0 Å². The first kappa shape index (κ1) is 29.4. The molecule has 0 N–H and O–H groups in total. The molecule has 44 heavy (non-hydrogen) atoms. The molecule has 0 unspecified atom stereocenters. The van der Waals surface area contributed by atoms with E-state index in [9.17, 15) is 9.59 Å². The van der Waals surface area contributed by atoms with Crippen molar-refractivity contribution >= 4 is 55.0 Å². The van der Waals surface area contributed by atoms with Crippen LogP contribution in [-0.4, -0.2) is 11.9 Å². The molecule has 0 atom stereocenters. The normalized spacial score (nSPS) is 11.4. The van der Waals surface area contributed by atoms with Gasteiger partial charge in [-0.25, -0.2) is 0 Å². The first-order valence-electron chi connectivity index (χ1n) is 15.9. The van der Waals surface area contributed by atoms with Gasteiger partial charge in [0.05, 0.1) is 0 Å². The van der Waals surface area contributed by atoms with Crippen molar-refractivity contribution in [3.63, 3.8) is 0 Å². The van der Waals surface area contributed by atoms with Crippen molar-refractivity contribution in [2.24, 2.45) is 0 Å². The van der Waals surface area contributed by atoms with Gasteiger partial charge in [0.2, 0.25) is 0 Å². The molecule has 0 saturated carbocycles. The van der Waals surface area contributed by atoms with Crippen molar-refractivity contribution in [1.82, 2.24) is 0 Å². The monoisotopic (exact) mass is 582 g/mol. The molecule has 6 aromatic rings. The van der Waals surface area contributed by atoms with Crippen molar-refractivity contribution in [2.45, 2.75) is 64.2 Å². The minimum Gasteiger partial charge on any atom is -0.425 e. The number of rotatable bonds is 13. The van der Waals surface area contributed by atoms with Crippen molar-refractivity contribution in [3.8, 4) is 11.5 Å². The highest BCUT2D eigenvalue weighted by Crippen LogP contribution is 2.36. The molecule has 6 rings (SSSR count). The Balaban J connectivity index is 0.884. The number of esters is 2. The molecule has 0 amide bonds. The Labute approximate surface area is 258 Å². The molecular formula is C40H38O4. The highest BCUT2D eigenvalue weighted by atomic mass is 16.5. The molecule has 4 nitrogen and oxygen atoms in total. The lowest BCUT2D eigenvalue weighted by Crippen LogP contribution is -2.08. The number of hydrogen-bond donors (Lipinski definition) is 0. The summed E-state index contributed by atoms with van der Waals surface area (Å²) in [6, 6.07) is 36.5. The zero-order valence-electron chi connectivity index (χ0n) is 25.1. The van der Waals surface area contributed by atoms with Crippen LogP contribution < -0.4 is 9.47 Å². The van der Waals surface area contributed by atoms with Gasteiger partial charge in [-0.1, -0.05) is 136 Å². The van der Waals surface area contributed by atoms with E-state index < -0.39 is 0 Å². The largest absolute Gasteiger partial charge is 0.425 e. The molecule has 0 fully saturated rings. The van der Waals surface area contributed by atoms with E-state index in [1.807, 2.05) is 72.8 Å². The summed E-state index contributed by atoms with van der Waals surface area (Å²) < 4.78 is 11.9. The second-order valence-electron chi connectivity index (χ2n) is 11.6. The van der Waals surface area contributed by atoms with E-state index in [4.69, 9.17) is 9.47 Å². The van der Waals surface area contributed by atoms with Crippen LogP contribution in [0, 0.1) is 0 Å². The predicted octanol–water partition coefficient (Wildman–Crippen LogP) is 10.7. The molecule has 0 aliphatic heterocycles. The van der Waals surface area contributed by atoms with Gasteiger partial charge in [-0.3, -0.25) is 9.59 Å². The summed E-state index contributed by atoms with van der Waals surface area (Å²) in [5.74, 6) is 0.987. The minimum absolute atomic E-state index is 0.171. The Morgan fingerprint density at radius 2 is 0.659 bits per heavy atom. The van der Waals surface area contributed by atoms with Gasteiger partial charge < -0.3 is 9.47 Å². The van der Waals surface area contributed by atoms with E-state index in [0.29, 0.717) is 24.3 Å². The van der Waals surface area contributed by atoms with E-state index >= 15 is 0 Å². The third-order valence-corrected chi connectivity index (χ3v) is 8.39. The van der Waals surface area contributed by atoms with E-state index in [1.54, 1.807) is 0 Å². The summed E-state index contributed by atoms with van der Waals surface area (Å²) in [5, 5.41) is 8.16. The Kier molecular flexibility index (Phi) is 9.47. The van der Waals surface area contributed by atoms with Gasteiger partial charge in [0.1, 0.15) is 11.5 Å². The zero-order chi connectivity index (χ0) is 30.1. The number of carbonyl (C=O) groups is 2. The van der Waals surface area contributed by atoms with Crippen LogP contribution in [0.5, 0.6) is 11.5 Å². The number of fused-ring (bicyclic) bond motifs is 4. The maximum Gasteiger partial charge on any atom is 0.311 e. The summed E-state index contributed by atoms with van der Waals surface area (Å²) in [6.45, 7) is 0. The molecule has 0 aliphatic rings. The van der Waals surface area contributed by atoms with Crippen LogP contribution in [0.2, 0.25) is 0 Å². The maximum absolute atomic E-state index is 12.7. The Bertz CT molecular complexity index is 1670. The van der Waals surface area contributed by atoms with E-state index in [2.05, 4.69) is 36.4 Å². The molecule has 0 saturated heterocycles. The fourth-order valence-corrected chi connectivity index (χ4v) is 6.09. The van der Waals surface area contributed by atoms with Gasteiger partial charge in [-0.15, -0.1) is 0 Å². The Hall–Kier alpha value is -4.70. The van der Waals surface area contributed by atoms with Gasteiger partial charge >= 0.3 is 11.9 Å². The SMILES string of the molecule is O=C(CCCCCCCCCCC(=O)Oc1c2ccccc2cc2ccccc12)Oc1c2ccccc2cc2ccccc12. The molecular weight excluding hydrogens is 544 g/mol. The lowest BCUT2D eigenvalue weighted by Gasteiger charge is -2.12. The van der Waals surface area contributed by atoms with E-state index in [-0.39, 0.29) is 11.9 Å². The van der Waals surface area contributed by atoms with Gasteiger partial charge in [0.15, 0.2) is 0 Å². The van der Waals surface area contributed by atoms with Gasteiger partial charge in [0.25, 0.3) is 0 Å². The van der Waals surface area contributed by atoms with Gasteiger partial charge in [-0.05, 0) is 46.5 Å². The summed E-state index contributed by atoms with van der Waals surface area (Å²) in [6.07, 6.45) is 8.99. The average Bonchev–Trinajstić information content (AvgIpc) is 3.05. The third-order valence-electron chi connectivity index (χ3n) is 8.39. The number of unbranched alkanes of at least 4 members (excludes halogenated alkanes) is 7. The molecule has 0 radical (unpaired) electrons. The second-order valence-corrected chi connectivity index (χ2v) is 11.6. The third kappa shape index (κ3) is 6.92. The summed E-state index contributed by atoms with van der Waals surface area (Å²) in [7, 11) is 0. The van der Waals surface area contributed by atoms with Crippen LogP contribution in [0.15, 0.2) is 109 Å². The van der Waals surface area contributed by atoms with Crippen LogP contribution in [0.25, 0.3) is 43.1 Å². The van der Waals surface area contributed by atoms with Gasteiger partial charge in [0, 0.05) is 34.4 Å². The highest BCUT2D eigenvalue weighted by Gasteiger charge is 2.14. The number of carbonyl (C=O) groups excluding carboxylic acids is 2. The fourth-order valence-electron chi connectivity index (χ4n) is 6.09. The predicted molar refractivity (Wildman–Crippen MR) is 180 cm³/mol. The highest BCUT2D eigenvalue weighted by molar-refractivity contribution is 6.07. The van der Waals surface area contributed by atoms with Crippen molar-refractivity contribution in [3.05, 3.63) is 109 Å². The van der Waals surface area contributed by atoms with Crippen LogP contribution in [0.3, 0.4) is 0 Å². The number of ether oxygens (including phenoxy) is 2. The molecule has 0 aliphatic carbocycles. The van der Waals surface area contributed by atoms with Gasteiger partial charge in [-0.2, -0.15) is 0 Å². The minimum atomic E-state index is -0.171. The Morgan fingerprint density at radius 1 is 0.386 bits per heavy atom. The standard InChI is InChI=1S/C40H38O4/c41-37(43-39-33-21-13-9-17-29(33)27-30-18-10-14-22-34(30)39)25-7-5-3-1-2-4-6-8-26-38(42)44-40-35-23-15-11-19-31(35)28-32-20-12-16-24-36(32)40/h9-24,27-28H,1-8,25-26H2. The molecule has 6 aromatic carbocycles. The Morgan fingerprint density at radius 3 is 0.977 bits per heavy atom. The first-order chi connectivity index (χ1) is 21.7. The fraction of sp³-hybridized carbons (Fsp3) is 0.250. The number of benzene rings is 6. The quantitative estimate of drug-likeness (QED) is 0.0588. The van der Waals surface area contributed by atoms with Crippen molar-refractivity contribution in [1.29, 1.82) is 0 Å². The lowest BCUT2D eigenvalue weighted by atomic mass is 10.0. The van der Waals surface area contributed by atoms with Crippen molar-refractivity contribution < 1.29 is 19.1 Å². The smallest absolute Gasteiger partial charge is 0.311 e. The summed E-state index contributed by atoms with van der Waals surface area (Å²) >= 11 is 0. The summed E-state index contributed by atoms with van der Waals surface area (Å²) in [5.41, 5.74) is 0. The molecule has 0 heterocycles. The zero-order valence-corrected chi connectivity index (χ0v) is 25.1.